The monoisotopic (exact) mass is 406 g/mol. The van der Waals surface area contributed by atoms with E-state index in [-0.39, 0.29) is 12.1 Å². The van der Waals surface area contributed by atoms with Gasteiger partial charge in [-0.15, -0.1) is 0 Å². The topological polar surface area (TPSA) is 32.3 Å². The summed E-state index contributed by atoms with van der Waals surface area (Å²) < 4.78 is 0. The molecule has 154 valence electrons. The predicted octanol–water partition coefficient (Wildman–Crippen LogP) is 6.19. The normalized spacial score (nSPS) is 10.6. The van der Waals surface area contributed by atoms with E-state index >= 15 is 0 Å². The highest BCUT2D eigenvalue weighted by Crippen LogP contribution is 2.22. The fourth-order valence-corrected chi connectivity index (χ4v) is 3.67. The van der Waals surface area contributed by atoms with Crippen molar-refractivity contribution in [1.29, 1.82) is 0 Å². The van der Waals surface area contributed by atoms with Gasteiger partial charge in [-0.1, -0.05) is 121 Å². The first-order valence-electron chi connectivity index (χ1n) is 10.5. The van der Waals surface area contributed by atoms with Crippen molar-refractivity contribution in [2.45, 2.75) is 19.1 Å². The van der Waals surface area contributed by atoms with Crippen LogP contribution in [-0.2, 0) is 13.1 Å². The lowest BCUT2D eigenvalue weighted by Gasteiger charge is -2.27. The first-order chi connectivity index (χ1) is 15.3. The molecule has 4 aromatic rings. The minimum atomic E-state index is -0.219. The lowest BCUT2D eigenvalue weighted by Crippen LogP contribution is -2.41. The Kier molecular flexibility index (Phi) is 6.76. The van der Waals surface area contributed by atoms with E-state index in [1.165, 1.54) is 0 Å². The zero-order valence-electron chi connectivity index (χ0n) is 17.4. The molecule has 31 heavy (non-hydrogen) atoms. The quantitative estimate of drug-likeness (QED) is 0.390. The minimum absolute atomic E-state index is 0.0922. The molecule has 0 saturated carbocycles. The van der Waals surface area contributed by atoms with Crippen LogP contribution in [0.1, 0.15) is 28.3 Å². The van der Waals surface area contributed by atoms with Crippen molar-refractivity contribution in [3.05, 3.63) is 144 Å². The summed E-state index contributed by atoms with van der Waals surface area (Å²) in [6.45, 7) is 1.08. The van der Waals surface area contributed by atoms with Gasteiger partial charge in [0.15, 0.2) is 0 Å². The van der Waals surface area contributed by atoms with E-state index in [9.17, 15) is 4.79 Å². The highest BCUT2D eigenvalue weighted by Gasteiger charge is 2.21. The molecule has 0 saturated heterocycles. The first-order valence-corrected chi connectivity index (χ1v) is 10.5. The Morgan fingerprint density at radius 1 is 0.581 bits per heavy atom. The SMILES string of the molecule is O=C(NC(c1ccccc1)c1ccccc1)N(Cc1ccccc1)Cc1ccccc1. The standard InChI is InChI=1S/C28H26N2O/c31-28(29-27(25-17-9-3-10-18-25)26-19-11-4-12-20-26)30(21-23-13-5-1-6-14-23)22-24-15-7-2-8-16-24/h1-20,27H,21-22H2,(H,29,31). The van der Waals surface area contributed by atoms with Crippen LogP contribution < -0.4 is 5.32 Å². The van der Waals surface area contributed by atoms with Gasteiger partial charge in [-0.05, 0) is 22.3 Å². The van der Waals surface area contributed by atoms with Gasteiger partial charge < -0.3 is 10.2 Å². The number of nitrogens with zero attached hydrogens (tertiary/aromatic N) is 1. The average molecular weight is 407 g/mol. The van der Waals surface area contributed by atoms with Gasteiger partial charge in [0.2, 0.25) is 0 Å². The van der Waals surface area contributed by atoms with Crippen LogP contribution in [0.3, 0.4) is 0 Å². The van der Waals surface area contributed by atoms with Gasteiger partial charge in [0.1, 0.15) is 0 Å². The van der Waals surface area contributed by atoms with E-state index in [1.54, 1.807) is 0 Å². The summed E-state index contributed by atoms with van der Waals surface area (Å²) in [6.07, 6.45) is 0. The summed E-state index contributed by atoms with van der Waals surface area (Å²) in [6, 6.07) is 40.1. The van der Waals surface area contributed by atoms with Crippen LogP contribution in [0.2, 0.25) is 0 Å². The molecular formula is C28H26N2O. The molecular weight excluding hydrogens is 380 g/mol. The summed E-state index contributed by atoms with van der Waals surface area (Å²) in [7, 11) is 0. The molecule has 0 fully saturated rings. The van der Waals surface area contributed by atoms with Crippen molar-refractivity contribution < 1.29 is 4.79 Å². The van der Waals surface area contributed by atoms with Crippen LogP contribution in [0.4, 0.5) is 4.79 Å². The molecule has 0 unspecified atom stereocenters. The van der Waals surface area contributed by atoms with Crippen molar-refractivity contribution in [3.8, 4) is 0 Å². The molecule has 3 heteroatoms. The van der Waals surface area contributed by atoms with Crippen molar-refractivity contribution in [3.63, 3.8) is 0 Å². The van der Waals surface area contributed by atoms with Crippen LogP contribution in [0.25, 0.3) is 0 Å². The van der Waals surface area contributed by atoms with Crippen molar-refractivity contribution in [1.82, 2.24) is 10.2 Å². The number of nitrogens with one attached hydrogen (secondary N) is 1. The Morgan fingerprint density at radius 2 is 0.935 bits per heavy atom. The summed E-state index contributed by atoms with van der Waals surface area (Å²) in [4.78, 5) is 15.4. The maximum absolute atomic E-state index is 13.5. The van der Waals surface area contributed by atoms with Crippen molar-refractivity contribution >= 4 is 6.03 Å². The molecule has 0 radical (unpaired) electrons. The van der Waals surface area contributed by atoms with Crippen molar-refractivity contribution in [2.75, 3.05) is 0 Å². The number of carbonyl (C=O) groups is 1. The van der Waals surface area contributed by atoms with E-state index in [0.717, 1.165) is 22.3 Å². The zero-order chi connectivity index (χ0) is 21.3. The van der Waals surface area contributed by atoms with Crippen LogP contribution in [0.5, 0.6) is 0 Å². The molecule has 0 aliphatic carbocycles. The molecule has 0 aliphatic heterocycles. The molecule has 0 bridgehead atoms. The highest BCUT2D eigenvalue weighted by atomic mass is 16.2. The smallest absolute Gasteiger partial charge is 0.318 e. The second-order valence-electron chi connectivity index (χ2n) is 7.53. The van der Waals surface area contributed by atoms with Crippen molar-refractivity contribution in [2.24, 2.45) is 0 Å². The average Bonchev–Trinajstić information content (AvgIpc) is 2.84. The molecule has 1 N–H and O–H groups in total. The van der Waals surface area contributed by atoms with Gasteiger partial charge in [-0.3, -0.25) is 0 Å². The Labute approximate surface area is 184 Å². The highest BCUT2D eigenvalue weighted by molar-refractivity contribution is 5.75. The number of carbonyl (C=O) groups excluding carboxylic acids is 1. The molecule has 3 nitrogen and oxygen atoms in total. The molecule has 0 aromatic heterocycles. The van der Waals surface area contributed by atoms with Gasteiger partial charge in [0.25, 0.3) is 0 Å². The largest absolute Gasteiger partial charge is 0.327 e. The second-order valence-corrected chi connectivity index (χ2v) is 7.53. The van der Waals surface area contributed by atoms with Crippen LogP contribution >= 0.6 is 0 Å². The zero-order valence-corrected chi connectivity index (χ0v) is 17.4. The Bertz CT molecular complexity index is 986. The minimum Gasteiger partial charge on any atom is -0.327 e. The van der Waals surface area contributed by atoms with E-state index in [4.69, 9.17) is 0 Å². The summed E-state index contributed by atoms with van der Waals surface area (Å²) in [5.41, 5.74) is 4.32. The Morgan fingerprint density at radius 3 is 1.32 bits per heavy atom. The van der Waals surface area contributed by atoms with Gasteiger partial charge in [0, 0.05) is 13.1 Å². The summed E-state index contributed by atoms with van der Waals surface area (Å²) in [5, 5.41) is 3.28. The number of hydrogen-bond donors (Lipinski definition) is 1. The van der Waals surface area contributed by atoms with Gasteiger partial charge in [0.05, 0.1) is 6.04 Å². The first kappa shape index (κ1) is 20.4. The number of amides is 2. The van der Waals surface area contributed by atoms with Gasteiger partial charge in [-0.25, -0.2) is 4.79 Å². The number of rotatable bonds is 7. The fourth-order valence-electron chi connectivity index (χ4n) is 3.67. The maximum atomic E-state index is 13.5. The maximum Gasteiger partial charge on any atom is 0.318 e. The van der Waals surface area contributed by atoms with Crippen LogP contribution in [0, 0.1) is 0 Å². The number of hydrogen-bond acceptors (Lipinski definition) is 1. The molecule has 0 atom stereocenters. The second kappa shape index (κ2) is 10.3. The predicted molar refractivity (Wildman–Crippen MR) is 125 cm³/mol. The molecule has 0 aliphatic rings. The molecule has 4 aromatic carbocycles. The number of benzene rings is 4. The van der Waals surface area contributed by atoms with E-state index < -0.39 is 0 Å². The third-order valence-corrected chi connectivity index (χ3v) is 5.25. The summed E-state index contributed by atoms with van der Waals surface area (Å²) in [5.74, 6) is 0. The third kappa shape index (κ3) is 5.61. The van der Waals surface area contributed by atoms with Crippen LogP contribution in [-0.4, -0.2) is 10.9 Å². The van der Waals surface area contributed by atoms with Gasteiger partial charge >= 0.3 is 6.03 Å². The molecule has 0 heterocycles. The molecule has 4 rings (SSSR count). The molecule has 0 spiro atoms. The Hall–Kier alpha value is -3.85. The fraction of sp³-hybridized carbons (Fsp3) is 0.107. The summed E-state index contributed by atoms with van der Waals surface area (Å²) >= 11 is 0. The molecule has 2 amide bonds. The third-order valence-electron chi connectivity index (χ3n) is 5.25. The Balaban J connectivity index is 1.61. The lowest BCUT2D eigenvalue weighted by atomic mass is 9.99. The van der Waals surface area contributed by atoms with Gasteiger partial charge in [-0.2, -0.15) is 0 Å². The number of urea groups is 1. The van der Waals surface area contributed by atoms with E-state index in [2.05, 4.69) is 53.8 Å². The van der Waals surface area contributed by atoms with Crippen LogP contribution in [0.15, 0.2) is 121 Å². The van der Waals surface area contributed by atoms with E-state index in [1.807, 2.05) is 77.7 Å². The lowest BCUT2D eigenvalue weighted by molar-refractivity contribution is 0.190. The van der Waals surface area contributed by atoms with E-state index in [0.29, 0.717) is 13.1 Å².